The minimum absolute atomic E-state index is 0.103. The maximum absolute atomic E-state index is 13.0. The van der Waals surface area contributed by atoms with E-state index in [1.807, 2.05) is 13.8 Å². The van der Waals surface area contributed by atoms with Crippen LogP contribution in [0.2, 0.25) is 0 Å². The highest BCUT2D eigenvalue weighted by Crippen LogP contribution is 2.29. The molecule has 0 aliphatic carbocycles. The molecular weight excluding hydrogens is 338 g/mol. The predicted molar refractivity (Wildman–Crippen MR) is 88.3 cm³/mol. The van der Waals surface area contributed by atoms with Gasteiger partial charge in [-0.25, -0.2) is 8.42 Å². The second-order valence-corrected chi connectivity index (χ2v) is 7.63. The second kappa shape index (κ2) is 7.19. The lowest BCUT2D eigenvalue weighted by Crippen LogP contribution is -2.32. The van der Waals surface area contributed by atoms with Crippen LogP contribution < -0.4 is 5.32 Å². The Morgan fingerprint density at radius 3 is 2.57 bits per heavy atom. The third kappa shape index (κ3) is 3.95. The van der Waals surface area contributed by atoms with Crippen molar-refractivity contribution >= 4 is 27.3 Å². The summed E-state index contributed by atoms with van der Waals surface area (Å²) in [6.07, 6.45) is 1.40. The van der Waals surface area contributed by atoms with Crippen LogP contribution in [-0.4, -0.2) is 26.7 Å². The molecular formula is C16H18ClNO4S. The van der Waals surface area contributed by atoms with Crippen molar-refractivity contribution in [1.29, 1.82) is 0 Å². The monoisotopic (exact) mass is 355 g/mol. The number of carbonyl (C=O) groups is 1. The van der Waals surface area contributed by atoms with Gasteiger partial charge in [0.15, 0.2) is 9.84 Å². The lowest BCUT2D eigenvalue weighted by Gasteiger charge is -2.17. The van der Waals surface area contributed by atoms with Gasteiger partial charge in [-0.3, -0.25) is 4.79 Å². The Labute approximate surface area is 140 Å². The number of rotatable bonds is 6. The van der Waals surface area contributed by atoms with E-state index in [0.717, 1.165) is 11.1 Å². The molecule has 1 heterocycles. The highest BCUT2D eigenvalue weighted by molar-refractivity contribution is 7.91. The Hall–Kier alpha value is -1.79. The van der Waals surface area contributed by atoms with Crippen molar-refractivity contribution < 1.29 is 17.6 Å². The third-order valence-corrected chi connectivity index (χ3v) is 5.95. The summed E-state index contributed by atoms with van der Waals surface area (Å²) in [5, 5.41) is 1.50. The molecule has 0 radical (unpaired) electrons. The van der Waals surface area contributed by atoms with Crippen LogP contribution >= 0.6 is 11.6 Å². The van der Waals surface area contributed by atoms with E-state index >= 15 is 0 Å². The number of halogens is 1. The largest absolute Gasteiger partial charge is 0.468 e. The molecule has 1 atom stereocenters. The zero-order valence-corrected chi connectivity index (χ0v) is 14.4. The van der Waals surface area contributed by atoms with Crippen LogP contribution in [-0.2, 0) is 14.6 Å². The molecule has 124 valence electrons. The molecule has 1 amide bonds. The molecule has 23 heavy (non-hydrogen) atoms. The topological polar surface area (TPSA) is 76.4 Å². The summed E-state index contributed by atoms with van der Waals surface area (Å²) in [6, 6.07) is 8.15. The predicted octanol–water partition coefficient (Wildman–Crippen LogP) is 2.77. The Bertz CT molecular complexity index is 784. The highest BCUT2D eigenvalue weighted by atomic mass is 35.5. The summed E-state index contributed by atoms with van der Waals surface area (Å²) in [7, 11) is -3.72. The number of furan rings is 1. The molecule has 1 aromatic carbocycles. The number of carbonyl (C=O) groups excluding carboxylic acids is 1. The molecule has 0 bridgehead atoms. The van der Waals surface area contributed by atoms with Gasteiger partial charge >= 0.3 is 0 Å². The molecule has 0 fully saturated rings. The van der Waals surface area contributed by atoms with E-state index in [1.165, 1.54) is 6.26 Å². The van der Waals surface area contributed by atoms with Gasteiger partial charge in [-0.15, -0.1) is 11.6 Å². The van der Waals surface area contributed by atoms with Crippen LogP contribution in [0.25, 0.3) is 0 Å². The lowest BCUT2D eigenvalue weighted by atomic mass is 10.1. The lowest BCUT2D eigenvalue weighted by molar-refractivity contribution is -0.118. The molecule has 0 saturated carbocycles. The molecule has 1 aromatic heterocycles. The van der Waals surface area contributed by atoms with Gasteiger partial charge < -0.3 is 9.73 Å². The fourth-order valence-corrected chi connectivity index (χ4v) is 3.91. The molecule has 0 saturated heterocycles. The van der Waals surface area contributed by atoms with Gasteiger partial charge in [0.1, 0.15) is 16.9 Å². The van der Waals surface area contributed by atoms with Crippen molar-refractivity contribution in [3.8, 4) is 0 Å². The minimum atomic E-state index is -3.72. The van der Waals surface area contributed by atoms with E-state index in [0.29, 0.717) is 0 Å². The van der Waals surface area contributed by atoms with Crippen molar-refractivity contribution in [3.05, 3.63) is 53.5 Å². The van der Waals surface area contributed by atoms with Gasteiger partial charge in [-0.1, -0.05) is 6.07 Å². The van der Waals surface area contributed by atoms with E-state index in [2.05, 4.69) is 5.32 Å². The fraction of sp³-hybridized carbons (Fsp3) is 0.312. The normalized spacial score (nSPS) is 12.8. The van der Waals surface area contributed by atoms with Crippen LogP contribution in [0, 0.1) is 13.8 Å². The average Bonchev–Trinajstić information content (AvgIpc) is 3.03. The maximum Gasteiger partial charge on any atom is 0.234 e. The van der Waals surface area contributed by atoms with Crippen molar-refractivity contribution in [3.63, 3.8) is 0 Å². The van der Waals surface area contributed by atoms with Gasteiger partial charge in [0.25, 0.3) is 0 Å². The summed E-state index contributed by atoms with van der Waals surface area (Å²) >= 11 is 5.44. The number of benzene rings is 1. The molecule has 0 aliphatic heterocycles. The number of amides is 1. The van der Waals surface area contributed by atoms with E-state index in [1.54, 1.807) is 30.3 Å². The fourth-order valence-electron chi connectivity index (χ4n) is 2.15. The molecule has 0 aliphatic rings. The SMILES string of the molecule is Cc1ccc(S(=O)(=O)[C@@H](CNC(=O)CCl)c2ccco2)cc1C. The van der Waals surface area contributed by atoms with E-state index in [4.69, 9.17) is 16.0 Å². The molecule has 0 unspecified atom stereocenters. The number of hydrogen-bond donors (Lipinski definition) is 1. The smallest absolute Gasteiger partial charge is 0.234 e. The number of alkyl halides is 1. The first kappa shape index (κ1) is 17.6. The van der Waals surface area contributed by atoms with Crippen molar-refractivity contribution in [2.75, 3.05) is 12.4 Å². The maximum atomic E-state index is 13.0. The Balaban J connectivity index is 2.40. The summed E-state index contributed by atoms with van der Waals surface area (Å²) in [4.78, 5) is 11.6. The second-order valence-electron chi connectivity index (χ2n) is 5.23. The van der Waals surface area contributed by atoms with Crippen LogP contribution in [0.3, 0.4) is 0 Å². The van der Waals surface area contributed by atoms with Crippen LogP contribution in [0.4, 0.5) is 0 Å². The molecule has 2 rings (SSSR count). The summed E-state index contributed by atoms with van der Waals surface area (Å²) in [5.41, 5.74) is 1.89. The molecule has 5 nitrogen and oxygen atoms in total. The molecule has 7 heteroatoms. The molecule has 0 spiro atoms. The quantitative estimate of drug-likeness (QED) is 0.808. The van der Waals surface area contributed by atoms with E-state index < -0.39 is 21.0 Å². The van der Waals surface area contributed by atoms with Gasteiger partial charge in [0.2, 0.25) is 5.91 Å². The molecule has 1 N–H and O–H groups in total. The number of nitrogens with one attached hydrogen (secondary N) is 1. The standard InChI is InChI=1S/C16H18ClNO4S/c1-11-5-6-13(8-12(11)2)23(20,21)15(10-18-16(19)9-17)14-4-3-7-22-14/h3-8,15H,9-10H2,1-2H3,(H,18,19)/t15-/m0/s1. The van der Waals surface area contributed by atoms with Crippen molar-refractivity contribution in [2.45, 2.75) is 24.0 Å². The van der Waals surface area contributed by atoms with Crippen LogP contribution in [0.5, 0.6) is 0 Å². The zero-order chi connectivity index (χ0) is 17.0. The summed E-state index contributed by atoms with van der Waals surface area (Å²) in [5.74, 6) is -0.384. The van der Waals surface area contributed by atoms with E-state index in [-0.39, 0.29) is 23.1 Å². The first-order valence-electron chi connectivity index (χ1n) is 7.03. The van der Waals surface area contributed by atoms with Gasteiger partial charge in [-0.2, -0.15) is 0 Å². The van der Waals surface area contributed by atoms with Crippen LogP contribution in [0.1, 0.15) is 22.1 Å². The Morgan fingerprint density at radius 1 is 1.26 bits per heavy atom. The van der Waals surface area contributed by atoms with Crippen molar-refractivity contribution in [2.24, 2.45) is 0 Å². The van der Waals surface area contributed by atoms with E-state index in [9.17, 15) is 13.2 Å². The van der Waals surface area contributed by atoms with Gasteiger partial charge in [0.05, 0.1) is 11.2 Å². The highest BCUT2D eigenvalue weighted by Gasteiger charge is 2.32. The minimum Gasteiger partial charge on any atom is -0.468 e. The Morgan fingerprint density at radius 2 is 2.00 bits per heavy atom. The average molecular weight is 356 g/mol. The molecule has 2 aromatic rings. The van der Waals surface area contributed by atoms with Gasteiger partial charge in [-0.05, 0) is 49.2 Å². The number of sulfone groups is 1. The Kier molecular flexibility index (Phi) is 5.49. The van der Waals surface area contributed by atoms with Crippen molar-refractivity contribution in [1.82, 2.24) is 5.32 Å². The summed E-state index contributed by atoms with van der Waals surface area (Å²) in [6.45, 7) is 3.66. The van der Waals surface area contributed by atoms with Gasteiger partial charge in [0, 0.05) is 6.54 Å². The zero-order valence-electron chi connectivity index (χ0n) is 12.9. The number of hydrogen-bond acceptors (Lipinski definition) is 4. The first-order valence-corrected chi connectivity index (χ1v) is 9.11. The third-order valence-electron chi connectivity index (χ3n) is 3.65. The number of aryl methyl sites for hydroxylation is 2. The first-order chi connectivity index (χ1) is 10.9. The van der Waals surface area contributed by atoms with Crippen LogP contribution in [0.15, 0.2) is 45.9 Å². The summed E-state index contributed by atoms with van der Waals surface area (Å²) < 4.78 is 31.2.